The van der Waals surface area contributed by atoms with Crippen LogP contribution in [0.2, 0.25) is 0 Å². The fraction of sp³-hybridized carbons (Fsp3) is 0.667. The molecule has 20 heavy (non-hydrogen) atoms. The maximum Gasteiger partial charge on any atom is 0.0343 e. The summed E-state index contributed by atoms with van der Waals surface area (Å²) in [5.74, 6) is 3.11. The molecule has 1 aromatic carbocycles. The van der Waals surface area contributed by atoms with Gasteiger partial charge in [0.25, 0.3) is 0 Å². The molecule has 108 valence electrons. The average Bonchev–Trinajstić information content (AvgIpc) is 2.40. The Morgan fingerprint density at radius 1 is 1.00 bits per heavy atom. The Bertz CT molecular complexity index is 457. The first-order valence-corrected chi connectivity index (χ1v) is 8.94. The second-order valence-electron chi connectivity index (χ2n) is 7.65. The summed E-state index contributed by atoms with van der Waals surface area (Å²) in [6.07, 6.45) is 9.02. The Morgan fingerprint density at radius 3 is 2.00 bits per heavy atom. The molecule has 0 radical (unpaired) electrons. The van der Waals surface area contributed by atoms with Crippen molar-refractivity contribution in [1.29, 1.82) is 0 Å². The minimum atomic E-state index is 0.585. The predicted octanol–water partition coefficient (Wildman–Crippen LogP) is 5.47. The van der Waals surface area contributed by atoms with Crippen LogP contribution in [0.1, 0.15) is 45.4 Å². The molecular formula is C18H24BrN. The molecule has 1 aromatic rings. The van der Waals surface area contributed by atoms with E-state index < -0.39 is 0 Å². The van der Waals surface area contributed by atoms with Crippen LogP contribution in [0.25, 0.3) is 0 Å². The molecule has 4 saturated carbocycles. The van der Waals surface area contributed by atoms with E-state index in [0.29, 0.717) is 11.5 Å². The first-order valence-electron chi connectivity index (χ1n) is 8.15. The summed E-state index contributed by atoms with van der Waals surface area (Å²) in [6, 6.07) is 9.27. The van der Waals surface area contributed by atoms with E-state index in [1.165, 1.54) is 44.2 Å². The number of hydrogen-bond acceptors (Lipinski definition) is 1. The molecule has 1 nitrogen and oxygen atoms in total. The van der Waals surface area contributed by atoms with Crippen molar-refractivity contribution < 1.29 is 0 Å². The minimum absolute atomic E-state index is 0.585. The fourth-order valence-electron chi connectivity index (χ4n) is 5.66. The largest absolute Gasteiger partial charge is 0.382 e. The standard InChI is InChI=1S/C18H24BrN/c1-12(20-17-4-2-16(19)3-5-17)18-9-13-6-14(10-18)8-15(7-13)11-18/h2-5,12-15,20H,6-11H2,1H3. The van der Waals surface area contributed by atoms with Gasteiger partial charge in [-0.1, -0.05) is 15.9 Å². The van der Waals surface area contributed by atoms with E-state index in [4.69, 9.17) is 0 Å². The number of hydrogen-bond donors (Lipinski definition) is 1. The molecule has 0 amide bonds. The quantitative estimate of drug-likeness (QED) is 0.773. The van der Waals surface area contributed by atoms with Gasteiger partial charge in [0.2, 0.25) is 0 Å². The zero-order valence-electron chi connectivity index (χ0n) is 12.2. The first kappa shape index (κ1) is 13.2. The third kappa shape index (κ3) is 2.20. The maximum atomic E-state index is 3.81. The molecule has 0 aromatic heterocycles. The van der Waals surface area contributed by atoms with E-state index in [0.717, 1.165) is 22.2 Å². The van der Waals surface area contributed by atoms with Crippen molar-refractivity contribution >= 4 is 21.6 Å². The lowest BCUT2D eigenvalue weighted by Gasteiger charge is -2.59. The fourth-order valence-corrected chi connectivity index (χ4v) is 5.92. The van der Waals surface area contributed by atoms with Gasteiger partial charge in [-0.15, -0.1) is 0 Å². The molecule has 2 heteroatoms. The number of rotatable bonds is 3. The molecule has 5 rings (SSSR count). The Labute approximate surface area is 130 Å². The van der Waals surface area contributed by atoms with Crippen LogP contribution in [-0.4, -0.2) is 6.04 Å². The zero-order valence-corrected chi connectivity index (χ0v) is 13.8. The summed E-state index contributed by atoms with van der Waals surface area (Å²) in [5, 5.41) is 3.81. The highest BCUT2D eigenvalue weighted by molar-refractivity contribution is 9.10. The molecule has 1 N–H and O–H groups in total. The van der Waals surface area contributed by atoms with Crippen LogP contribution in [0.15, 0.2) is 28.7 Å². The van der Waals surface area contributed by atoms with Crippen LogP contribution in [0.4, 0.5) is 5.69 Å². The Balaban J connectivity index is 1.53. The molecule has 4 fully saturated rings. The summed E-state index contributed by atoms with van der Waals surface area (Å²) in [5.41, 5.74) is 1.86. The minimum Gasteiger partial charge on any atom is -0.382 e. The average molecular weight is 334 g/mol. The Hall–Kier alpha value is -0.500. The van der Waals surface area contributed by atoms with Gasteiger partial charge in [0, 0.05) is 16.2 Å². The monoisotopic (exact) mass is 333 g/mol. The zero-order chi connectivity index (χ0) is 13.7. The maximum absolute atomic E-state index is 3.81. The smallest absolute Gasteiger partial charge is 0.0343 e. The van der Waals surface area contributed by atoms with Gasteiger partial charge in [0.1, 0.15) is 0 Å². The lowest BCUT2D eigenvalue weighted by Crippen LogP contribution is -2.52. The molecule has 4 aliphatic carbocycles. The van der Waals surface area contributed by atoms with Crippen LogP contribution in [0.3, 0.4) is 0 Å². The molecule has 1 atom stereocenters. The van der Waals surface area contributed by atoms with Gasteiger partial charge >= 0.3 is 0 Å². The second kappa shape index (κ2) is 4.76. The van der Waals surface area contributed by atoms with Gasteiger partial charge < -0.3 is 5.32 Å². The van der Waals surface area contributed by atoms with E-state index in [1.54, 1.807) is 0 Å². The van der Waals surface area contributed by atoms with Crippen LogP contribution in [0.5, 0.6) is 0 Å². The lowest BCUT2D eigenvalue weighted by molar-refractivity contribution is -0.0602. The van der Waals surface area contributed by atoms with Gasteiger partial charge in [-0.2, -0.15) is 0 Å². The molecular weight excluding hydrogens is 310 g/mol. The van der Waals surface area contributed by atoms with Crippen molar-refractivity contribution in [2.75, 3.05) is 5.32 Å². The van der Waals surface area contributed by atoms with E-state index in [2.05, 4.69) is 52.4 Å². The Kier molecular flexibility index (Phi) is 3.14. The van der Waals surface area contributed by atoms with Crippen molar-refractivity contribution in [1.82, 2.24) is 0 Å². The third-order valence-corrected chi connectivity index (χ3v) is 6.76. The summed E-state index contributed by atoms with van der Waals surface area (Å²) < 4.78 is 1.16. The summed E-state index contributed by atoms with van der Waals surface area (Å²) >= 11 is 3.52. The van der Waals surface area contributed by atoms with Gasteiger partial charge in [0.15, 0.2) is 0 Å². The summed E-state index contributed by atoms with van der Waals surface area (Å²) in [4.78, 5) is 0. The topological polar surface area (TPSA) is 12.0 Å². The second-order valence-corrected chi connectivity index (χ2v) is 8.57. The normalized spacial score (nSPS) is 39.8. The summed E-state index contributed by atoms with van der Waals surface area (Å²) in [7, 11) is 0. The first-order chi connectivity index (χ1) is 9.63. The van der Waals surface area contributed by atoms with Crippen molar-refractivity contribution in [3.05, 3.63) is 28.7 Å². The van der Waals surface area contributed by atoms with Gasteiger partial charge in [-0.05, 0) is 92.9 Å². The highest BCUT2D eigenvalue weighted by Crippen LogP contribution is 2.61. The highest BCUT2D eigenvalue weighted by Gasteiger charge is 2.53. The molecule has 4 aliphatic rings. The molecule has 0 spiro atoms. The van der Waals surface area contributed by atoms with Crippen molar-refractivity contribution in [3.63, 3.8) is 0 Å². The van der Waals surface area contributed by atoms with E-state index in [1.807, 2.05) is 0 Å². The van der Waals surface area contributed by atoms with Crippen LogP contribution >= 0.6 is 15.9 Å². The van der Waals surface area contributed by atoms with Gasteiger partial charge in [-0.3, -0.25) is 0 Å². The molecule has 1 unspecified atom stereocenters. The van der Waals surface area contributed by atoms with Crippen LogP contribution in [0, 0.1) is 23.2 Å². The lowest BCUT2D eigenvalue weighted by atomic mass is 9.48. The van der Waals surface area contributed by atoms with E-state index in [9.17, 15) is 0 Å². The molecule has 4 bridgehead atoms. The molecule has 0 saturated heterocycles. The number of halogens is 1. The third-order valence-electron chi connectivity index (χ3n) is 6.23. The molecule has 0 aliphatic heterocycles. The van der Waals surface area contributed by atoms with E-state index >= 15 is 0 Å². The number of anilines is 1. The van der Waals surface area contributed by atoms with Crippen molar-refractivity contribution in [3.8, 4) is 0 Å². The van der Waals surface area contributed by atoms with Gasteiger partial charge in [0.05, 0.1) is 0 Å². The van der Waals surface area contributed by atoms with E-state index in [-0.39, 0.29) is 0 Å². The van der Waals surface area contributed by atoms with Crippen LogP contribution in [-0.2, 0) is 0 Å². The predicted molar refractivity (Wildman–Crippen MR) is 87.8 cm³/mol. The van der Waals surface area contributed by atoms with Crippen molar-refractivity contribution in [2.45, 2.75) is 51.5 Å². The summed E-state index contributed by atoms with van der Waals surface area (Å²) in [6.45, 7) is 2.43. The SMILES string of the molecule is CC(Nc1ccc(Br)cc1)C12CC3CC(CC(C3)C1)C2. The molecule has 0 heterocycles. The number of benzene rings is 1. The highest BCUT2D eigenvalue weighted by atomic mass is 79.9. The van der Waals surface area contributed by atoms with Gasteiger partial charge in [-0.25, -0.2) is 0 Å². The van der Waals surface area contributed by atoms with Crippen LogP contribution < -0.4 is 5.32 Å². The van der Waals surface area contributed by atoms with Crippen molar-refractivity contribution in [2.24, 2.45) is 23.2 Å². The number of nitrogens with one attached hydrogen (secondary N) is 1. The Morgan fingerprint density at radius 2 is 1.50 bits per heavy atom.